The van der Waals surface area contributed by atoms with E-state index in [1.807, 2.05) is 18.2 Å². The summed E-state index contributed by atoms with van der Waals surface area (Å²) in [6.07, 6.45) is 1.74. The normalized spacial score (nSPS) is 18.7. The SMILES string of the molecule is COCC(CCBr)NC(=O)C1Cc2ccccc21. The highest BCUT2D eigenvalue weighted by Gasteiger charge is 2.32. The Balaban J connectivity index is 1.93. The number of carbonyl (C=O) groups is 1. The molecule has 0 fully saturated rings. The summed E-state index contributed by atoms with van der Waals surface area (Å²) in [5.41, 5.74) is 2.46. The minimum absolute atomic E-state index is 0.0240. The van der Waals surface area contributed by atoms with Gasteiger partial charge in [0, 0.05) is 12.4 Å². The predicted octanol–water partition coefficient (Wildman–Crippen LogP) is 2.24. The number of alkyl halides is 1. The maximum absolute atomic E-state index is 12.2. The van der Waals surface area contributed by atoms with E-state index in [9.17, 15) is 4.79 Å². The standard InChI is InChI=1S/C14H18BrNO2/c1-18-9-11(6-7-15)16-14(17)13-8-10-4-2-3-5-12(10)13/h2-5,11,13H,6-9H2,1H3,(H,16,17). The van der Waals surface area contributed by atoms with Gasteiger partial charge in [-0.3, -0.25) is 4.79 Å². The second-order valence-electron chi connectivity index (χ2n) is 4.59. The highest BCUT2D eigenvalue weighted by molar-refractivity contribution is 9.09. The molecule has 0 aromatic heterocycles. The Bertz CT molecular complexity index is 416. The number of fused-ring (bicyclic) bond motifs is 1. The van der Waals surface area contributed by atoms with Crippen LogP contribution in [0.5, 0.6) is 0 Å². The van der Waals surface area contributed by atoms with Crippen molar-refractivity contribution in [2.75, 3.05) is 19.0 Å². The lowest BCUT2D eigenvalue weighted by atomic mass is 9.77. The number of methoxy groups -OCH3 is 1. The molecule has 2 unspecified atom stereocenters. The lowest BCUT2D eigenvalue weighted by Crippen LogP contribution is -2.43. The largest absolute Gasteiger partial charge is 0.383 e. The van der Waals surface area contributed by atoms with E-state index in [0.29, 0.717) is 6.61 Å². The van der Waals surface area contributed by atoms with Gasteiger partial charge in [0.2, 0.25) is 5.91 Å². The molecule has 0 saturated heterocycles. The van der Waals surface area contributed by atoms with Gasteiger partial charge in [0.1, 0.15) is 0 Å². The number of ether oxygens (including phenoxy) is 1. The van der Waals surface area contributed by atoms with Gasteiger partial charge in [-0.05, 0) is 24.0 Å². The van der Waals surface area contributed by atoms with E-state index in [-0.39, 0.29) is 17.9 Å². The van der Waals surface area contributed by atoms with E-state index >= 15 is 0 Å². The summed E-state index contributed by atoms with van der Waals surface area (Å²) >= 11 is 3.40. The van der Waals surface area contributed by atoms with Gasteiger partial charge in [0.15, 0.2) is 0 Å². The summed E-state index contributed by atoms with van der Waals surface area (Å²) in [6.45, 7) is 0.561. The third-order valence-electron chi connectivity index (χ3n) is 3.34. The van der Waals surface area contributed by atoms with Crippen LogP contribution in [-0.4, -0.2) is 31.0 Å². The van der Waals surface area contributed by atoms with Crippen LogP contribution >= 0.6 is 15.9 Å². The monoisotopic (exact) mass is 311 g/mol. The molecule has 0 saturated carbocycles. The summed E-state index contributed by atoms with van der Waals surface area (Å²) in [7, 11) is 1.66. The quantitative estimate of drug-likeness (QED) is 0.818. The maximum Gasteiger partial charge on any atom is 0.228 e. The van der Waals surface area contributed by atoms with Gasteiger partial charge in [-0.15, -0.1) is 0 Å². The fraction of sp³-hybridized carbons (Fsp3) is 0.500. The van der Waals surface area contributed by atoms with E-state index in [0.717, 1.165) is 18.2 Å². The van der Waals surface area contributed by atoms with Crippen molar-refractivity contribution in [1.29, 1.82) is 0 Å². The molecule has 1 aliphatic carbocycles. The average molecular weight is 312 g/mol. The van der Waals surface area contributed by atoms with Gasteiger partial charge < -0.3 is 10.1 Å². The molecule has 4 heteroatoms. The molecule has 0 radical (unpaired) electrons. The van der Waals surface area contributed by atoms with Crippen molar-refractivity contribution >= 4 is 21.8 Å². The molecule has 2 rings (SSSR count). The first-order valence-corrected chi connectivity index (χ1v) is 7.31. The number of hydrogen-bond acceptors (Lipinski definition) is 2. The first-order chi connectivity index (χ1) is 8.76. The third-order valence-corrected chi connectivity index (χ3v) is 3.80. The number of nitrogens with one attached hydrogen (secondary N) is 1. The van der Waals surface area contributed by atoms with Crippen LogP contribution in [0.2, 0.25) is 0 Å². The fourth-order valence-corrected chi connectivity index (χ4v) is 2.88. The Hall–Kier alpha value is -0.870. The second kappa shape index (κ2) is 6.34. The number of hydrogen-bond donors (Lipinski definition) is 1. The molecular formula is C14H18BrNO2. The van der Waals surface area contributed by atoms with Gasteiger partial charge in [-0.2, -0.15) is 0 Å². The van der Waals surface area contributed by atoms with Gasteiger partial charge >= 0.3 is 0 Å². The summed E-state index contributed by atoms with van der Waals surface area (Å²) in [5.74, 6) is 0.146. The molecule has 0 spiro atoms. The van der Waals surface area contributed by atoms with Gasteiger partial charge in [0.25, 0.3) is 0 Å². The van der Waals surface area contributed by atoms with Crippen LogP contribution in [0.4, 0.5) is 0 Å². The summed E-state index contributed by atoms with van der Waals surface area (Å²) < 4.78 is 5.12. The van der Waals surface area contributed by atoms with Crippen LogP contribution in [0.25, 0.3) is 0 Å². The van der Waals surface area contributed by atoms with E-state index in [2.05, 4.69) is 27.3 Å². The van der Waals surface area contributed by atoms with Crippen LogP contribution in [0.15, 0.2) is 24.3 Å². The molecule has 98 valence electrons. The zero-order valence-electron chi connectivity index (χ0n) is 10.5. The Morgan fingerprint density at radius 2 is 2.33 bits per heavy atom. The Morgan fingerprint density at radius 1 is 1.56 bits per heavy atom. The van der Waals surface area contributed by atoms with E-state index in [1.165, 1.54) is 11.1 Å². The highest BCUT2D eigenvalue weighted by atomic mass is 79.9. The van der Waals surface area contributed by atoms with Gasteiger partial charge in [-0.1, -0.05) is 40.2 Å². The van der Waals surface area contributed by atoms with Crippen molar-refractivity contribution in [2.45, 2.75) is 24.8 Å². The number of amides is 1. The van der Waals surface area contributed by atoms with Crippen molar-refractivity contribution in [3.8, 4) is 0 Å². The van der Waals surface area contributed by atoms with E-state index in [4.69, 9.17) is 4.74 Å². The van der Waals surface area contributed by atoms with E-state index < -0.39 is 0 Å². The number of rotatable bonds is 6. The highest BCUT2D eigenvalue weighted by Crippen LogP contribution is 2.34. The van der Waals surface area contributed by atoms with Crippen molar-refractivity contribution in [1.82, 2.24) is 5.32 Å². The van der Waals surface area contributed by atoms with Crippen LogP contribution in [0.3, 0.4) is 0 Å². The van der Waals surface area contributed by atoms with Crippen molar-refractivity contribution < 1.29 is 9.53 Å². The molecule has 1 aliphatic rings. The molecule has 2 atom stereocenters. The van der Waals surface area contributed by atoms with Crippen molar-refractivity contribution in [3.05, 3.63) is 35.4 Å². The maximum atomic E-state index is 12.2. The smallest absolute Gasteiger partial charge is 0.228 e. The summed E-state index contributed by atoms with van der Waals surface area (Å²) in [5, 5.41) is 3.93. The third kappa shape index (κ3) is 2.93. The lowest BCUT2D eigenvalue weighted by molar-refractivity contribution is -0.124. The molecule has 3 nitrogen and oxygen atoms in total. The molecule has 18 heavy (non-hydrogen) atoms. The Kier molecular flexibility index (Phi) is 4.78. The van der Waals surface area contributed by atoms with Crippen molar-refractivity contribution in [2.24, 2.45) is 0 Å². The second-order valence-corrected chi connectivity index (χ2v) is 5.39. The summed E-state index contributed by atoms with van der Waals surface area (Å²) in [6, 6.07) is 8.23. The van der Waals surface area contributed by atoms with E-state index in [1.54, 1.807) is 7.11 Å². The first kappa shape index (κ1) is 13.6. The molecule has 0 heterocycles. The molecular weight excluding hydrogens is 294 g/mol. The van der Waals surface area contributed by atoms with Gasteiger partial charge in [0.05, 0.1) is 18.6 Å². The molecule has 1 aromatic rings. The lowest BCUT2D eigenvalue weighted by Gasteiger charge is -2.30. The van der Waals surface area contributed by atoms with Crippen LogP contribution in [0.1, 0.15) is 23.5 Å². The minimum Gasteiger partial charge on any atom is -0.383 e. The molecule has 1 amide bonds. The zero-order chi connectivity index (χ0) is 13.0. The van der Waals surface area contributed by atoms with Crippen LogP contribution in [0, 0.1) is 0 Å². The molecule has 1 N–H and O–H groups in total. The van der Waals surface area contributed by atoms with Crippen molar-refractivity contribution in [3.63, 3.8) is 0 Å². The number of benzene rings is 1. The number of carbonyl (C=O) groups excluding carboxylic acids is 1. The molecule has 1 aromatic carbocycles. The summed E-state index contributed by atoms with van der Waals surface area (Å²) in [4.78, 5) is 12.2. The fourth-order valence-electron chi connectivity index (χ4n) is 2.32. The van der Waals surface area contributed by atoms with Crippen LogP contribution < -0.4 is 5.32 Å². The number of halogens is 1. The Labute approximate surface area is 116 Å². The van der Waals surface area contributed by atoms with Gasteiger partial charge in [-0.25, -0.2) is 0 Å². The minimum atomic E-state index is 0.0240. The average Bonchev–Trinajstić information content (AvgIpc) is 2.31. The zero-order valence-corrected chi connectivity index (χ0v) is 12.1. The van der Waals surface area contributed by atoms with Crippen LogP contribution in [-0.2, 0) is 16.0 Å². The topological polar surface area (TPSA) is 38.3 Å². The molecule has 0 aliphatic heterocycles. The Morgan fingerprint density at radius 3 is 3.00 bits per heavy atom. The first-order valence-electron chi connectivity index (χ1n) is 6.19. The molecule has 0 bridgehead atoms. The predicted molar refractivity (Wildman–Crippen MR) is 75.1 cm³/mol.